The SMILES string of the molecule is CC(C)(C)CN1C(=O)C(CC(=O)NCc2ccccc2F)OC(c2cccc(CNCCNCCCc3ccccc3)c2)c2cc(Cl)ccc21. The van der Waals surface area contributed by atoms with Crippen molar-refractivity contribution in [1.82, 2.24) is 16.0 Å². The quantitative estimate of drug-likeness (QED) is 0.113. The molecular weight excluding hydrogens is 651 g/mol. The summed E-state index contributed by atoms with van der Waals surface area (Å²) in [6.07, 6.45) is 0.191. The Morgan fingerprint density at radius 1 is 0.860 bits per heavy atom. The van der Waals surface area contributed by atoms with Gasteiger partial charge in [0.25, 0.3) is 5.91 Å². The standard InChI is InChI=1S/C41H48ClFN4O3/c1-41(2,3)28-47-36-19-18-33(42)24-34(36)39(50-37(40(47)49)25-38(48)46-27-32-15-7-8-17-35(32)43)31-16-9-13-30(23-31)26-45-22-21-44-20-10-14-29-11-5-4-6-12-29/h4-9,11-13,15-19,23-24,37,39,44-45H,10,14,20-22,25-28H2,1-3H3,(H,46,48). The van der Waals surface area contributed by atoms with Gasteiger partial charge in [-0.25, -0.2) is 4.39 Å². The molecule has 9 heteroatoms. The van der Waals surface area contributed by atoms with Crippen LogP contribution in [0.15, 0.2) is 97.1 Å². The maximum absolute atomic E-state index is 14.2. The van der Waals surface area contributed by atoms with Gasteiger partial charge in [0.15, 0.2) is 0 Å². The van der Waals surface area contributed by atoms with E-state index >= 15 is 0 Å². The predicted molar refractivity (Wildman–Crippen MR) is 199 cm³/mol. The zero-order valence-electron chi connectivity index (χ0n) is 29.2. The van der Waals surface area contributed by atoms with Crippen LogP contribution in [-0.2, 0) is 33.8 Å². The lowest BCUT2D eigenvalue weighted by atomic mass is 9.94. The Kier molecular flexibility index (Phi) is 13.2. The maximum atomic E-state index is 14.2. The number of halogens is 2. The summed E-state index contributed by atoms with van der Waals surface area (Å²) in [6.45, 7) is 9.90. The van der Waals surface area contributed by atoms with Crippen molar-refractivity contribution in [2.75, 3.05) is 31.1 Å². The Morgan fingerprint density at radius 3 is 2.38 bits per heavy atom. The fourth-order valence-corrected chi connectivity index (χ4v) is 6.32. The predicted octanol–water partition coefficient (Wildman–Crippen LogP) is 7.36. The lowest BCUT2D eigenvalue weighted by molar-refractivity contribution is -0.138. The lowest BCUT2D eigenvalue weighted by Gasteiger charge is -2.31. The first-order valence-corrected chi connectivity index (χ1v) is 17.8. The number of ether oxygens (including phenoxy) is 1. The fraction of sp³-hybridized carbons (Fsp3) is 0.366. The second-order valence-electron chi connectivity index (χ2n) is 14.0. The zero-order chi connectivity index (χ0) is 35.5. The molecule has 1 heterocycles. The van der Waals surface area contributed by atoms with Crippen LogP contribution in [0.1, 0.15) is 67.5 Å². The highest BCUT2D eigenvalue weighted by molar-refractivity contribution is 6.30. The van der Waals surface area contributed by atoms with E-state index in [2.05, 4.69) is 73.1 Å². The Balaban J connectivity index is 1.29. The Labute approximate surface area is 300 Å². The highest BCUT2D eigenvalue weighted by atomic mass is 35.5. The van der Waals surface area contributed by atoms with Crippen LogP contribution in [0, 0.1) is 11.2 Å². The van der Waals surface area contributed by atoms with Gasteiger partial charge in [0.2, 0.25) is 5.91 Å². The van der Waals surface area contributed by atoms with Gasteiger partial charge in [-0.1, -0.05) is 105 Å². The number of carbonyl (C=O) groups is 2. The van der Waals surface area contributed by atoms with Gasteiger partial charge in [-0.2, -0.15) is 0 Å². The molecule has 0 bridgehead atoms. The van der Waals surface area contributed by atoms with Crippen LogP contribution in [0.2, 0.25) is 5.02 Å². The van der Waals surface area contributed by atoms with E-state index in [9.17, 15) is 14.0 Å². The molecule has 264 valence electrons. The van der Waals surface area contributed by atoms with Gasteiger partial charge < -0.3 is 25.6 Å². The van der Waals surface area contributed by atoms with Gasteiger partial charge in [-0.05, 0) is 65.8 Å². The van der Waals surface area contributed by atoms with Crippen LogP contribution in [0.3, 0.4) is 0 Å². The molecule has 2 atom stereocenters. The normalized spacial score (nSPS) is 16.2. The average molecular weight is 699 g/mol. The van der Waals surface area contributed by atoms with Gasteiger partial charge in [0.1, 0.15) is 18.0 Å². The minimum absolute atomic E-state index is 0.00956. The number of carbonyl (C=O) groups excluding carboxylic acids is 2. The molecular formula is C41H48ClFN4O3. The van der Waals surface area contributed by atoms with Gasteiger partial charge >= 0.3 is 0 Å². The monoisotopic (exact) mass is 698 g/mol. The van der Waals surface area contributed by atoms with Crippen molar-refractivity contribution in [2.24, 2.45) is 5.41 Å². The molecule has 0 aromatic heterocycles. The van der Waals surface area contributed by atoms with Crippen molar-refractivity contribution >= 4 is 29.1 Å². The number of nitrogens with zero attached hydrogens (tertiary/aromatic N) is 1. The summed E-state index contributed by atoms with van der Waals surface area (Å²) in [4.78, 5) is 29.2. The molecule has 4 aromatic carbocycles. The van der Waals surface area contributed by atoms with Gasteiger partial charge in [0.05, 0.1) is 6.42 Å². The molecule has 1 aliphatic rings. The summed E-state index contributed by atoms with van der Waals surface area (Å²) in [7, 11) is 0. The van der Waals surface area contributed by atoms with E-state index in [1.54, 1.807) is 29.2 Å². The highest BCUT2D eigenvalue weighted by Crippen LogP contribution is 2.41. The van der Waals surface area contributed by atoms with Crippen LogP contribution in [0.25, 0.3) is 0 Å². The van der Waals surface area contributed by atoms with Crippen LogP contribution < -0.4 is 20.9 Å². The highest BCUT2D eigenvalue weighted by Gasteiger charge is 2.39. The second-order valence-corrected chi connectivity index (χ2v) is 14.5. The maximum Gasteiger partial charge on any atom is 0.256 e. The van der Waals surface area contributed by atoms with Crippen molar-refractivity contribution in [3.05, 3.63) is 136 Å². The molecule has 5 rings (SSSR count). The minimum atomic E-state index is -1.08. The molecule has 2 unspecified atom stereocenters. The molecule has 7 nitrogen and oxygen atoms in total. The zero-order valence-corrected chi connectivity index (χ0v) is 29.9. The van der Waals surface area contributed by atoms with E-state index in [4.69, 9.17) is 16.3 Å². The van der Waals surface area contributed by atoms with Gasteiger partial charge in [-0.3, -0.25) is 9.59 Å². The molecule has 50 heavy (non-hydrogen) atoms. The van der Waals surface area contributed by atoms with Crippen molar-refractivity contribution in [2.45, 2.75) is 65.3 Å². The van der Waals surface area contributed by atoms with Crippen molar-refractivity contribution < 1.29 is 18.7 Å². The van der Waals surface area contributed by atoms with Crippen molar-refractivity contribution in [3.8, 4) is 0 Å². The number of aryl methyl sites for hydroxylation is 1. The summed E-state index contributed by atoms with van der Waals surface area (Å²) in [6, 6.07) is 30.4. The van der Waals surface area contributed by atoms with E-state index in [1.165, 1.54) is 11.6 Å². The third kappa shape index (κ3) is 10.7. The van der Waals surface area contributed by atoms with Crippen LogP contribution in [0.5, 0.6) is 0 Å². The largest absolute Gasteiger partial charge is 0.355 e. The summed E-state index contributed by atoms with van der Waals surface area (Å²) in [5.41, 5.74) is 4.87. The molecule has 0 saturated heterocycles. The first kappa shape index (κ1) is 37.2. The summed E-state index contributed by atoms with van der Waals surface area (Å²) in [5.74, 6) is -1.11. The number of nitrogens with one attached hydrogen (secondary N) is 3. The number of anilines is 1. The first-order chi connectivity index (χ1) is 24.1. The number of rotatable bonds is 15. The van der Waals surface area contributed by atoms with Crippen molar-refractivity contribution in [1.29, 1.82) is 0 Å². The number of fused-ring (bicyclic) bond motifs is 1. The van der Waals surface area contributed by atoms with E-state index in [0.29, 0.717) is 29.4 Å². The first-order valence-electron chi connectivity index (χ1n) is 17.4. The summed E-state index contributed by atoms with van der Waals surface area (Å²) in [5, 5.41) is 10.3. The molecule has 0 radical (unpaired) electrons. The number of amides is 2. The van der Waals surface area contributed by atoms with Crippen LogP contribution >= 0.6 is 11.6 Å². The average Bonchev–Trinajstić information content (AvgIpc) is 3.19. The Morgan fingerprint density at radius 2 is 1.60 bits per heavy atom. The minimum Gasteiger partial charge on any atom is -0.355 e. The van der Waals surface area contributed by atoms with Crippen molar-refractivity contribution in [3.63, 3.8) is 0 Å². The molecule has 2 amide bonds. The Bertz CT molecular complexity index is 1730. The van der Waals surface area contributed by atoms with E-state index in [0.717, 1.165) is 49.2 Å². The van der Waals surface area contributed by atoms with Gasteiger partial charge in [0, 0.05) is 54.6 Å². The molecule has 0 spiro atoms. The fourth-order valence-electron chi connectivity index (χ4n) is 6.14. The van der Waals surface area contributed by atoms with E-state index in [1.807, 2.05) is 30.3 Å². The molecule has 0 saturated carbocycles. The molecule has 1 aliphatic heterocycles. The van der Waals surface area contributed by atoms with Crippen LogP contribution in [0.4, 0.5) is 10.1 Å². The number of hydrogen-bond donors (Lipinski definition) is 3. The molecule has 0 aliphatic carbocycles. The van der Waals surface area contributed by atoms with E-state index in [-0.39, 0.29) is 24.3 Å². The third-order valence-electron chi connectivity index (χ3n) is 8.57. The smallest absolute Gasteiger partial charge is 0.256 e. The summed E-state index contributed by atoms with van der Waals surface area (Å²) >= 11 is 6.56. The number of benzene rings is 4. The van der Waals surface area contributed by atoms with Gasteiger partial charge in [-0.15, -0.1) is 0 Å². The Hall–Kier alpha value is -4.08. The van der Waals surface area contributed by atoms with E-state index < -0.39 is 23.9 Å². The third-order valence-corrected chi connectivity index (χ3v) is 8.80. The molecule has 4 aromatic rings. The lowest BCUT2D eigenvalue weighted by Crippen LogP contribution is -2.45. The molecule has 0 fully saturated rings. The topological polar surface area (TPSA) is 82.7 Å². The van der Waals surface area contributed by atoms with Crippen LogP contribution in [-0.4, -0.2) is 44.1 Å². The second kappa shape index (κ2) is 17.7. The summed E-state index contributed by atoms with van der Waals surface area (Å²) < 4.78 is 20.9. The number of hydrogen-bond acceptors (Lipinski definition) is 5. The molecule has 3 N–H and O–H groups in total.